The molecule has 0 radical (unpaired) electrons. The van der Waals surface area contributed by atoms with Crippen LogP contribution in [-0.2, 0) is 11.2 Å². The van der Waals surface area contributed by atoms with Gasteiger partial charge in [0.05, 0.1) is 18.1 Å². The minimum absolute atomic E-state index is 0.00859. The molecule has 0 unspecified atom stereocenters. The smallest absolute Gasteiger partial charge is 0.227 e. The maximum absolute atomic E-state index is 14.1. The molecule has 1 aliphatic rings. The molecule has 134 valence electrons. The molecule has 1 fully saturated rings. The number of hydrogen-bond donors (Lipinski definition) is 0. The van der Waals surface area contributed by atoms with Gasteiger partial charge in [-0.1, -0.05) is 29.8 Å². The molecule has 0 spiro atoms. The van der Waals surface area contributed by atoms with E-state index in [9.17, 15) is 13.6 Å². The van der Waals surface area contributed by atoms with Crippen LogP contribution in [0.1, 0.15) is 16.7 Å². The van der Waals surface area contributed by atoms with Crippen LogP contribution < -0.4 is 4.90 Å². The second-order valence-corrected chi connectivity index (χ2v) is 6.43. The molecule has 3 rings (SSSR count). The van der Waals surface area contributed by atoms with Crippen molar-refractivity contribution in [3.8, 4) is 6.07 Å². The zero-order chi connectivity index (χ0) is 18.7. The predicted molar refractivity (Wildman–Crippen MR) is 94.7 cm³/mol. The molecule has 1 amide bonds. The standard InChI is InChI=1S/C20H19F2N3O/c1-14-2-4-15(5-3-14)12-19(26)24-6-8-25(9-7-24)20-17(21)10-16(13-23)11-18(20)22/h2-5,10-11H,6-9,12H2,1H3. The zero-order valence-electron chi connectivity index (χ0n) is 14.5. The van der Waals surface area contributed by atoms with Gasteiger partial charge in [-0.05, 0) is 24.6 Å². The predicted octanol–water partition coefficient (Wildman–Crippen LogP) is 3.04. The summed E-state index contributed by atoms with van der Waals surface area (Å²) in [6.07, 6.45) is 0.319. The Hall–Kier alpha value is -2.94. The quantitative estimate of drug-likeness (QED) is 0.850. The molecule has 26 heavy (non-hydrogen) atoms. The highest BCUT2D eigenvalue weighted by Gasteiger charge is 2.25. The van der Waals surface area contributed by atoms with Crippen LogP contribution in [-0.4, -0.2) is 37.0 Å². The molecule has 0 saturated carbocycles. The molecule has 0 aliphatic carbocycles. The van der Waals surface area contributed by atoms with Gasteiger partial charge in [0.15, 0.2) is 11.6 Å². The van der Waals surface area contributed by atoms with Crippen LogP contribution in [0, 0.1) is 29.9 Å². The summed E-state index contributed by atoms with van der Waals surface area (Å²) in [6.45, 7) is 3.50. The Morgan fingerprint density at radius 2 is 1.65 bits per heavy atom. The Kier molecular flexibility index (Phi) is 5.17. The highest BCUT2D eigenvalue weighted by atomic mass is 19.1. The lowest BCUT2D eigenvalue weighted by molar-refractivity contribution is -0.130. The van der Waals surface area contributed by atoms with Crippen LogP contribution in [0.5, 0.6) is 0 Å². The van der Waals surface area contributed by atoms with Crippen molar-refractivity contribution in [1.82, 2.24) is 4.90 Å². The van der Waals surface area contributed by atoms with E-state index in [1.807, 2.05) is 31.2 Å². The van der Waals surface area contributed by atoms with Crippen LogP contribution in [0.2, 0.25) is 0 Å². The Morgan fingerprint density at radius 1 is 1.08 bits per heavy atom. The van der Waals surface area contributed by atoms with Gasteiger partial charge in [0.2, 0.25) is 5.91 Å². The summed E-state index contributed by atoms with van der Waals surface area (Å²) in [5.41, 5.74) is 1.92. The van der Waals surface area contributed by atoms with Gasteiger partial charge in [0.1, 0.15) is 5.69 Å². The highest BCUT2D eigenvalue weighted by molar-refractivity contribution is 5.79. The third-order valence-corrected chi connectivity index (χ3v) is 4.57. The van der Waals surface area contributed by atoms with E-state index in [0.717, 1.165) is 23.3 Å². The van der Waals surface area contributed by atoms with Crippen LogP contribution in [0.25, 0.3) is 0 Å². The van der Waals surface area contributed by atoms with Crippen molar-refractivity contribution in [2.75, 3.05) is 31.1 Å². The zero-order valence-corrected chi connectivity index (χ0v) is 14.5. The topological polar surface area (TPSA) is 47.3 Å². The van der Waals surface area contributed by atoms with Crippen LogP contribution >= 0.6 is 0 Å². The lowest BCUT2D eigenvalue weighted by Gasteiger charge is -2.36. The molecule has 1 aliphatic heterocycles. The minimum Gasteiger partial charge on any atom is -0.363 e. The molecule has 0 N–H and O–H groups in total. The fraction of sp³-hybridized carbons (Fsp3) is 0.300. The number of hydrogen-bond acceptors (Lipinski definition) is 3. The summed E-state index contributed by atoms with van der Waals surface area (Å²) in [5, 5.41) is 8.78. The number of aryl methyl sites for hydroxylation is 1. The van der Waals surface area contributed by atoms with Crippen molar-refractivity contribution >= 4 is 11.6 Å². The number of halogens is 2. The van der Waals surface area contributed by atoms with Crippen LogP contribution in [0.4, 0.5) is 14.5 Å². The summed E-state index contributed by atoms with van der Waals surface area (Å²) in [4.78, 5) is 15.7. The number of amides is 1. The van der Waals surface area contributed by atoms with Crippen molar-refractivity contribution < 1.29 is 13.6 Å². The monoisotopic (exact) mass is 355 g/mol. The molecule has 0 atom stereocenters. The summed E-state index contributed by atoms with van der Waals surface area (Å²) in [7, 11) is 0. The van der Waals surface area contributed by atoms with Crippen molar-refractivity contribution in [3.05, 3.63) is 64.7 Å². The van der Waals surface area contributed by atoms with Gasteiger partial charge in [-0.3, -0.25) is 4.79 Å². The van der Waals surface area contributed by atoms with Gasteiger partial charge in [-0.15, -0.1) is 0 Å². The van der Waals surface area contributed by atoms with E-state index in [0.29, 0.717) is 32.6 Å². The normalized spacial score (nSPS) is 14.2. The SMILES string of the molecule is Cc1ccc(CC(=O)N2CCN(c3c(F)cc(C#N)cc3F)CC2)cc1. The molecule has 4 nitrogen and oxygen atoms in total. The Bertz CT molecular complexity index is 827. The van der Waals surface area contributed by atoms with Gasteiger partial charge in [0.25, 0.3) is 0 Å². The second-order valence-electron chi connectivity index (χ2n) is 6.43. The largest absolute Gasteiger partial charge is 0.363 e. The summed E-state index contributed by atoms with van der Waals surface area (Å²) in [6, 6.07) is 11.6. The van der Waals surface area contributed by atoms with Gasteiger partial charge < -0.3 is 9.80 Å². The lowest BCUT2D eigenvalue weighted by atomic mass is 10.1. The molecule has 2 aromatic carbocycles. The van der Waals surface area contributed by atoms with E-state index < -0.39 is 11.6 Å². The van der Waals surface area contributed by atoms with Crippen molar-refractivity contribution in [3.63, 3.8) is 0 Å². The lowest BCUT2D eigenvalue weighted by Crippen LogP contribution is -2.49. The minimum atomic E-state index is -0.749. The first-order chi connectivity index (χ1) is 12.5. The summed E-state index contributed by atoms with van der Waals surface area (Å²) in [5.74, 6) is -1.49. The van der Waals surface area contributed by atoms with Crippen LogP contribution in [0.15, 0.2) is 36.4 Å². The molecular formula is C20H19F2N3O. The molecule has 6 heteroatoms. The first-order valence-corrected chi connectivity index (χ1v) is 8.45. The fourth-order valence-corrected chi connectivity index (χ4v) is 3.10. The van der Waals surface area contributed by atoms with E-state index in [1.54, 1.807) is 15.9 Å². The highest BCUT2D eigenvalue weighted by Crippen LogP contribution is 2.26. The van der Waals surface area contributed by atoms with Crippen LogP contribution in [0.3, 0.4) is 0 Å². The molecule has 0 bridgehead atoms. The number of nitriles is 1. The average Bonchev–Trinajstić information content (AvgIpc) is 2.63. The van der Waals surface area contributed by atoms with E-state index in [1.165, 1.54) is 0 Å². The summed E-state index contributed by atoms with van der Waals surface area (Å²) < 4.78 is 28.3. The third kappa shape index (κ3) is 3.83. The first-order valence-electron chi connectivity index (χ1n) is 8.45. The van der Waals surface area contributed by atoms with Gasteiger partial charge >= 0.3 is 0 Å². The molecule has 1 saturated heterocycles. The van der Waals surface area contributed by atoms with E-state index in [2.05, 4.69) is 0 Å². The fourth-order valence-electron chi connectivity index (χ4n) is 3.10. The second kappa shape index (κ2) is 7.52. The third-order valence-electron chi connectivity index (χ3n) is 4.57. The van der Waals surface area contributed by atoms with Gasteiger partial charge in [-0.25, -0.2) is 8.78 Å². The summed E-state index contributed by atoms with van der Waals surface area (Å²) >= 11 is 0. The van der Waals surface area contributed by atoms with Crippen molar-refractivity contribution in [2.45, 2.75) is 13.3 Å². The number of anilines is 1. The van der Waals surface area contributed by atoms with Crippen molar-refractivity contribution in [2.24, 2.45) is 0 Å². The Balaban J connectivity index is 1.63. The maximum atomic E-state index is 14.1. The number of carbonyl (C=O) groups excluding carboxylic acids is 1. The molecule has 2 aromatic rings. The van der Waals surface area contributed by atoms with E-state index in [-0.39, 0.29) is 17.2 Å². The van der Waals surface area contributed by atoms with Gasteiger partial charge in [-0.2, -0.15) is 5.26 Å². The maximum Gasteiger partial charge on any atom is 0.227 e. The number of carbonyl (C=O) groups is 1. The number of benzene rings is 2. The number of nitrogens with zero attached hydrogens (tertiary/aromatic N) is 3. The van der Waals surface area contributed by atoms with E-state index >= 15 is 0 Å². The molecule has 0 aromatic heterocycles. The van der Waals surface area contributed by atoms with E-state index in [4.69, 9.17) is 5.26 Å². The Morgan fingerprint density at radius 3 is 2.19 bits per heavy atom. The number of piperazine rings is 1. The molecular weight excluding hydrogens is 336 g/mol. The average molecular weight is 355 g/mol. The Labute approximate surface area is 151 Å². The van der Waals surface area contributed by atoms with Crippen molar-refractivity contribution in [1.29, 1.82) is 5.26 Å². The van der Waals surface area contributed by atoms with Gasteiger partial charge in [0, 0.05) is 26.2 Å². The first kappa shape index (κ1) is 17.9. The molecule has 1 heterocycles. The number of rotatable bonds is 3.